The number of hydrogen-bond donors (Lipinski definition) is 2. The maximum Gasteiger partial charge on any atom is 0.257 e. The smallest absolute Gasteiger partial charge is 0.257 e. The van der Waals surface area contributed by atoms with Crippen molar-refractivity contribution in [2.45, 2.75) is 20.3 Å². The molecule has 0 aromatic heterocycles. The number of aryl methyl sites for hydroxylation is 2. The van der Waals surface area contributed by atoms with Crippen LogP contribution in [0.25, 0.3) is 0 Å². The van der Waals surface area contributed by atoms with Gasteiger partial charge in [-0.2, -0.15) is 0 Å². The highest BCUT2D eigenvalue weighted by atomic mass is 35.5. The van der Waals surface area contributed by atoms with Gasteiger partial charge in [0.2, 0.25) is 0 Å². The van der Waals surface area contributed by atoms with Crippen molar-refractivity contribution in [3.63, 3.8) is 0 Å². The standard InChI is InChI=1S/C13H19ClN2O2/c1-9-6-11(7-10(2)13(9)14)18-8-12(17)16-5-3-4-15/h6-7H,3-5,8,15H2,1-2H3,(H,16,17). The molecule has 0 radical (unpaired) electrons. The van der Waals surface area contributed by atoms with Crippen molar-refractivity contribution in [1.29, 1.82) is 0 Å². The molecule has 0 fully saturated rings. The van der Waals surface area contributed by atoms with Gasteiger partial charge in [-0.15, -0.1) is 0 Å². The Bertz CT molecular complexity index is 398. The van der Waals surface area contributed by atoms with Gasteiger partial charge < -0.3 is 15.8 Å². The molecule has 1 rings (SSSR count). The summed E-state index contributed by atoms with van der Waals surface area (Å²) in [4.78, 5) is 11.4. The zero-order valence-corrected chi connectivity index (χ0v) is 11.5. The SMILES string of the molecule is Cc1cc(OCC(=O)NCCCN)cc(C)c1Cl. The van der Waals surface area contributed by atoms with Crippen LogP contribution in [0.4, 0.5) is 0 Å². The maximum atomic E-state index is 11.4. The van der Waals surface area contributed by atoms with Crippen molar-refractivity contribution in [3.8, 4) is 5.75 Å². The third kappa shape index (κ3) is 4.55. The van der Waals surface area contributed by atoms with Crippen LogP contribution in [0.15, 0.2) is 12.1 Å². The van der Waals surface area contributed by atoms with Gasteiger partial charge in [0, 0.05) is 11.6 Å². The van der Waals surface area contributed by atoms with Gasteiger partial charge in [-0.1, -0.05) is 11.6 Å². The van der Waals surface area contributed by atoms with Crippen molar-refractivity contribution in [2.24, 2.45) is 5.73 Å². The van der Waals surface area contributed by atoms with Crippen LogP contribution < -0.4 is 15.8 Å². The number of hydrogen-bond acceptors (Lipinski definition) is 3. The van der Waals surface area contributed by atoms with Crippen LogP contribution in [-0.2, 0) is 4.79 Å². The van der Waals surface area contributed by atoms with E-state index in [-0.39, 0.29) is 12.5 Å². The number of ether oxygens (including phenoxy) is 1. The molecule has 1 aromatic rings. The molecule has 1 amide bonds. The highest BCUT2D eigenvalue weighted by molar-refractivity contribution is 6.32. The first-order chi connectivity index (χ1) is 8.54. The average molecular weight is 271 g/mol. The van der Waals surface area contributed by atoms with Crippen molar-refractivity contribution in [3.05, 3.63) is 28.3 Å². The Hall–Kier alpha value is -1.26. The Kier molecular flexibility index (Phi) is 5.95. The first-order valence-electron chi connectivity index (χ1n) is 5.91. The molecule has 0 aliphatic rings. The summed E-state index contributed by atoms with van der Waals surface area (Å²) >= 11 is 6.05. The Labute approximate surface area is 112 Å². The first kappa shape index (κ1) is 14.8. The van der Waals surface area contributed by atoms with Crippen LogP contribution in [0, 0.1) is 13.8 Å². The number of nitrogens with one attached hydrogen (secondary N) is 1. The number of rotatable bonds is 6. The number of nitrogens with two attached hydrogens (primary N) is 1. The van der Waals surface area contributed by atoms with Crippen LogP contribution in [0.2, 0.25) is 5.02 Å². The van der Waals surface area contributed by atoms with Crippen LogP contribution in [0.5, 0.6) is 5.75 Å². The number of halogens is 1. The molecule has 4 nitrogen and oxygen atoms in total. The lowest BCUT2D eigenvalue weighted by Crippen LogP contribution is -2.30. The van der Waals surface area contributed by atoms with E-state index < -0.39 is 0 Å². The fourth-order valence-corrected chi connectivity index (χ4v) is 1.63. The summed E-state index contributed by atoms with van der Waals surface area (Å²) in [5.41, 5.74) is 7.21. The predicted octanol–water partition coefficient (Wildman–Crippen LogP) is 1.80. The molecule has 0 unspecified atom stereocenters. The average Bonchev–Trinajstić information content (AvgIpc) is 2.33. The summed E-state index contributed by atoms with van der Waals surface area (Å²) in [5, 5.41) is 3.46. The van der Waals surface area contributed by atoms with Gasteiger partial charge in [0.25, 0.3) is 5.91 Å². The summed E-state index contributed by atoms with van der Waals surface area (Å²) in [5.74, 6) is 0.511. The van der Waals surface area contributed by atoms with E-state index in [2.05, 4.69) is 5.32 Å². The molecule has 0 spiro atoms. The molecule has 3 N–H and O–H groups in total. The number of amides is 1. The fraction of sp³-hybridized carbons (Fsp3) is 0.462. The van der Waals surface area contributed by atoms with Gasteiger partial charge in [0.15, 0.2) is 6.61 Å². The van der Waals surface area contributed by atoms with E-state index in [0.29, 0.717) is 18.8 Å². The summed E-state index contributed by atoms with van der Waals surface area (Å²) in [6.45, 7) is 4.96. The summed E-state index contributed by atoms with van der Waals surface area (Å²) in [6.07, 6.45) is 0.769. The quantitative estimate of drug-likeness (QED) is 0.775. The van der Waals surface area contributed by atoms with Gasteiger partial charge in [0.1, 0.15) is 5.75 Å². The first-order valence-corrected chi connectivity index (χ1v) is 6.28. The van der Waals surface area contributed by atoms with Crippen LogP contribution >= 0.6 is 11.6 Å². The van der Waals surface area contributed by atoms with Gasteiger partial charge in [-0.05, 0) is 50.1 Å². The molecule has 0 bridgehead atoms. The van der Waals surface area contributed by atoms with E-state index in [1.165, 1.54) is 0 Å². The Morgan fingerprint density at radius 1 is 1.39 bits per heavy atom. The fourth-order valence-electron chi connectivity index (χ4n) is 1.52. The molecule has 5 heteroatoms. The minimum atomic E-state index is -0.145. The predicted molar refractivity (Wildman–Crippen MR) is 73.1 cm³/mol. The van der Waals surface area contributed by atoms with Crippen molar-refractivity contribution in [1.82, 2.24) is 5.32 Å². The molecule has 0 saturated heterocycles. The van der Waals surface area contributed by atoms with E-state index in [1.54, 1.807) is 0 Å². The minimum absolute atomic E-state index is 0.00504. The number of benzene rings is 1. The van der Waals surface area contributed by atoms with E-state index in [1.807, 2.05) is 26.0 Å². The summed E-state index contributed by atoms with van der Waals surface area (Å²) in [6, 6.07) is 3.64. The Balaban J connectivity index is 2.46. The van der Waals surface area contributed by atoms with Crippen LogP contribution in [0.1, 0.15) is 17.5 Å². The second-order valence-corrected chi connectivity index (χ2v) is 4.53. The van der Waals surface area contributed by atoms with Crippen molar-refractivity contribution >= 4 is 17.5 Å². The molecule has 0 aliphatic heterocycles. The van der Waals surface area contributed by atoms with Gasteiger partial charge >= 0.3 is 0 Å². The molecular weight excluding hydrogens is 252 g/mol. The number of carbonyl (C=O) groups is 1. The van der Waals surface area contributed by atoms with Crippen LogP contribution in [0.3, 0.4) is 0 Å². The van der Waals surface area contributed by atoms with E-state index in [0.717, 1.165) is 22.6 Å². The molecule has 100 valence electrons. The van der Waals surface area contributed by atoms with Gasteiger partial charge in [0.05, 0.1) is 0 Å². The normalized spacial score (nSPS) is 10.2. The van der Waals surface area contributed by atoms with Crippen molar-refractivity contribution < 1.29 is 9.53 Å². The third-order valence-electron chi connectivity index (χ3n) is 2.48. The molecule has 0 saturated carbocycles. The van der Waals surface area contributed by atoms with Crippen LogP contribution in [-0.4, -0.2) is 25.6 Å². The Morgan fingerprint density at radius 2 is 2.00 bits per heavy atom. The van der Waals surface area contributed by atoms with E-state index in [9.17, 15) is 4.79 Å². The van der Waals surface area contributed by atoms with Gasteiger partial charge in [-0.25, -0.2) is 0 Å². The molecule has 0 atom stereocenters. The number of carbonyl (C=O) groups excluding carboxylic acids is 1. The molecule has 0 heterocycles. The largest absolute Gasteiger partial charge is 0.484 e. The lowest BCUT2D eigenvalue weighted by Gasteiger charge is -2.10. The summed E-state index contributed by atoms with van der Waals surface area (Å²) in [7, 11) is 0. The lowest BCUT2D eigenvalue weighted by atomic mass is 10.1. The van der Waals surface area contributed by atoms with E-state index >= 15 is 0 Å². The Morgan fingerprint density at radius 3 is 2.56 bits per heavy atom. The van der Waals surface area contributed by atoms with E-state index in [4.69, 9.17) is 22.1 Å². The zero-order chi connectivity index (χ0) is 13.5. The van der Waals surface area contributed by atoms with Crippen molar-refractivity contribution in [2.75, 3.05) is 19.7 Å². The minimum Gasteiger partial charge on any atom is -0.484 e. The summed E-state index contributed by atoms with van der Waals surface area (Å²) < 4.78 is 5.41. The molecule has 0 aliphatic carbocycles. The monoisotopic (exact) mass is 270 g/mol. The second kappa shape index (κ2) is 7.24. The zero-order valence-electron chi connectivity index (χ0n) is 10.8. The third-order valence-corrected chi connectivity index (χ3v) is 3.08. The highest BCUT2D eigenvalue weighted by Gasteiger charge is 2.06. The topological polar surface area (TPSA) is 64.3 Å². The lowest BCUT2D eigenvalue weighted by molar-refractivity contribution is -0.123. The molecular formula is C13H19ClN2O2. The van der Waals surface area contributed by atoms with Gasteiger partial charge in [-0.3, -0.25) is 4.79 Å². The molecule has 1 aromatic carbocycles. The maximum absolute atomic E-state index is 11.4. The molecule has 18 heavy (non-hydrogen) atoms. The highest BCUT2D eigenvalue weighted by Crippen LogP contribution is 2.25. The second-order valence-electron chi connectivity index (χ2n) is 4.15.